The second kappa shape index (κ2) is 7.72. The summed E-state index contributed by atoms with van der Waals surface area (Å²) < 4.78 is 0. The first-order valence-electron chi connectivity index (χ1n) is 9.20. The Morgan fingerprint density at radius 2 is 1.91 bits per heavy atom. The number of nitrogens with zero attached hydrogens (tertiary/aromatic N) is 2. The summed E-state index contributed by atoms with van der Waals surface area (Å²) >= 11 is 0. The van der Waals surface area contributed by atoms with Crippen LogP contribution in [-0.2, 0) is 19.3 Å². The molecule has 122 valence electrons. The van der Waals surface area contributed by atoms with E-state index >= 15 is 0 Å². The van der Waals surface area contributed by atoms with Crippen LogP contribution in [0.5, 0.6) is 0 Å². The van der Waals surface area contributed by atoms with Crippen molar-refractivity contribution < 1.29 is 0 Å². The third kappa shape index (κ3) is 4.19. The molecule has 1 aromatic heterocycles. The summed E-state index contributed by atoms with van der Waals surface area (Å²) in [4.78, 5) is 9.42. The molecule has 0 aliphatic heterocycles. The second-order valence-electron chi connectivity index (χ2n) is 7.02. The van der Waals surface area contributed by atoms with E-state index < -0.39 is 0 Å². The highest BCUT2D eigenvalue weighted by Crippen LogP contribution is 2.25. The third-order valence-electron chi connectivity index (χ3n) is 4.93. The standard InChI is InChI=1S/C21H28N2/c1-3-4-5-6-7-17-9-11-18(12-10-17)21-22-15-19-14-16(2)8-13-20(19)23-21/h9-12,15-16H,3-8,13-14H2,1-2H3. The van der Waals surface area contributed by atoms with E-state index in [1.165, 1.54) is 55.3 Å². The first-order valence-corrected chi connectivity index (χ1v) is 9.20. The zero-order chi connectivity index (χ0) is 16.1. The molecule has 1 atom stereocenters. The van der Waals surface area contributed by atoms with Crippen LogP contribution in [0.2, 0.25) is 0 Å². The lowest BCUT2D eigenvalue weighted by Crippen LogP contribution is -2.14. The molecule has 0 saturated heterocycles. The van der Waals surface area contributed by atoms with E-state index in [1.54, 1.807) is 0 Å². The van der Waals surface area contributed by atoms with Crippen LogP contribution in [-0.4, -0.2) is 9.97 Å². The van der Waals surface area contributed by atoms with Gasteiger partial charge in [-0.2, -0.15) is 0 Å². The number of hydrogen-bond donors (Lipinski definition) is 0. The molecule has 1 unspecified atom stereocenters. The summed E-state index contributed by atoms with van der Waals surface area (Å²) in [6.45, 7) is 4.57. The Bertz CT molecular complexity index is 631. The highest BCUT2D eigenvalue weighted by molar-refractivity contribution is 5.55. The predicted octanol–water partition coefficient (Wildman–Crippen LogP) is 5.39. The van der Waals surface area contributed by atoms with E-state index in [1.807, 2.05) is 6.20 Å². The number of fused-ring (bicyclic) bond motifs is 1. The van der Waals surface area contributed by atoms with Crippen molar-refractivity contribution in [3.63, 3.8) is 0 Å². The molecule has 1 aromatic carbocycles. The molecule has 0 saturated carbocycles. The van der Waals surface area contributed by atoms with Gasteiger partial charge in [-0.1, -0.05) is 57.4 Å². The molecule has 3 rings (SSSR count). The summed E-state index contributed by atoms with van der Waals surface area (Å²) in [5.74, 6) is 1.65. The van der Waals surface area contributed by atoms with Crippen LogP contribution in [0.15, 0.2) is 30.5 Å². The topological polar surface area (TPSA) is 25.8 Å². The smallest absolute Gasteiger partial charge is 0.159 e. The maximum atomic E-state index is 4.82. The van der Waals surface area contributed by atoms with Gasteiger partial charge < -0.3 is 0 Å². The van der Waals surface area contributed by atoms with Crippen LogP contribution in [0, 0.1) is 5.92 Å². The van der Waals surface area contributed by atoms with Gasteiger partial charge in [-0.3, -0.25) is 0 Å². The number of aryl methyl sites for hydroxylation is 2. The highest BCUT2D eigenvalue weighted by Gasteiger charge is 2.17. The van der Waals surface area contributed by atoms with Gasteiger partial charge in [-0.15, -0.1) is 0 Å². The molecule has 1 heterocycles. The molecule has 0 radical (unpaired) electrons. The van der Waals surface area contributed by atoms with E-state index in [9.17, 15) is 0 Å². The molecule has 0 amide bonds. The van der Waals surface area contributed by atoms with Gasteiger partial charge in [0.1, 0.15) is 0 Å². The van der Waals surface area contributed by atoms with E-state index in [2.05, 4.69) is 43.1 Å². The number of unbranched alkanes of at least 4 members (excludes halogenated alkanes) is 3. The molecule has 0 N–H and O–H groups in total. The second-order valence-corrected chi connectivity index (χ2v) is 7.02. The molecular weight excluding hydrogens is 280 g/mol. The summed E-state index contributed by atoms with van der Waals surface area (Å²) in [5.41, 5.74) is 5.18. The Balaban J connectivity index is 1.67. The Morgan fingerprint density at radius 3 is 2.70 bits per heavy atom. The first kappa shape index (κ1) is 16.2. The lowest BCUT2D eigenvalue weighted by atomic mass is 9.89. The van der Waals surface area contributed by atoms with Crippen molar-refractivity contribution in [2.75, 3.05) is 0 Å². The van der Waals surface area contributed by atoms with Crippen LogP contribution < -0.4 is 0 Å². The first-order chi connectivity index (χ1) is 11.3. The van der Waals surface area contributed by atoms with Crippen molar-refractivity contribution in [1.29, 1.82) is 0 Å². The van der Waals surface area contributed by atoms with Gasteiger partial charge in [-0.25, -0.2) is 9.97 Å². The molecule has 0 fully saturated rings. The molecule has 2 nitrogen and oxygen atoms in total. The average molecular weight is 308 g/mol. The summed E-state index contributed by atoms with van der Waals surface area (Å²) in [6, 6.07) is 8.85. The van der Waals surface area contributed by atoms with Crippen molar-refractivity contribution in [1.82, 2.24) is 9.97 Å². The van der Waals surface area contributed by atoms with Crippen LogP contribution in [0.4, 0.5) is 0 Å². The fourth-order valence-corrected chi connectivity index (χ4v) is 3.41. The predicted molar refractivity (Wildman–Crippen MR) is 96.5 cm³/mol. The molecular formula is C21H28N2. The van der Waals surface area contributed by atoms with Crippen LogP contribution in [0.25, 0.3) is 11.4 Å². The Morgan fingerprint density at radius 1 is 1.09 bits per heavy atom. The Kier molecular flexibility index (Phi) is 5.43. The van der Waals surface area contributed by atoms with Gasteiger partial charge in [0, 0.05) is 17.5 Å². The van der Waals surface area contributed by atoms with E-state index in [0.29, 0.717) is 0 Å². The van der Waals surface area contributed by atoms with Gasteiger partial charge in [-0.05, 0) is 49.1 Å². The van der Waals surface area contributed by atoms with Gasteiger partial charge in [0.05, 0.1) is 0 Å². The minimum atomic E-state index is 0.768. The van der Waals surface area contributed by atoms with Gasteiger partial charge >= 0.3 is 0 Å². The Hall–Kier alpha value is -1.70. The summed E-state index contributed by atoms with van der Waals surface area (Å²) in [7, 11) is 0. The fourth-order valence-electron chi connectivity index (χ4n) is 3.41. The van der Waals surface area contributed by atoms with Crippen molar-refractivity contribution >= 4 is 0 Å². The summed E-state index contributed by atoms with van der Waals surface area (Å²) in [6.07, 6.45) is 12.0. The molecule has 23 heavy (non-hydrogen) atoms. The van der Waals surface area contributed by atoms with Crippen molar-refractivity contribution in [2.24, 2.45) is 5.92 Å². The molecule has 0 bridgehead atoms. The molecule has 2 aromatic rings. The molecule has 1 aliphatic carbocycles. The minimum absolute atomic E-state index is 0.768. The number of benzene rings is 1. The molecule has 1 aliphatic rings. The number of aromatic nitrogens is 2. The fraction of sp³-hybridized carbons (Fsp3) is 0.524. The zero-order valence-electron chi connectivity index (χ0n) is 14.5. The SMILES string of the molecule is CCCCCCc1ccc(-c2ncc3c(n2)CCC(C)C3)cc1. The van der Waals surface area contributed by atoms with E-state index in [0.717, 1.165) is 30.1 Å². The summed E-state index contributed by atoms with van der Waals surface area (Å²) in [5, 5.41) is 0. The maximum Gasteiger partial charge on any atom is 0.159 e. The lowest BCUT2D eigenvalue weighted by molar-refractivity contribution is 0.492. The minimum Gasteiger partial charge on any atom is -0.236 e. The zero-order valence-corrected chi connectivity index (χ0v) is 14.5. The van der Waals surface area contributed by atoms with Crippen LogP contribution in [0.1, 0.15) is 62.8 Å². The van der Waals surface area contributed by atoms with Crippen LogP contribution in [0.3, 0.4) is 0 Å². The normalized spacial score (nSPS) is 17.0. The van der Waals surface area contributed by atoms with Crippen molar-refractivity contribution in [3.8, 4) is 11.4 Å². The largest absolute Gasteiger partial charge is 0.236 e. The van der Waals surface area contributed by atoms with E-state index in [4.69, 9.17) is 4.98 Å². The monoisotopic (exact) mass is 308 g/mol. The van der Waals surface area contributed by atoms with Gasteiger partial charge in [0.2, 0.25) is 0 Å². The highest BCUT2D eigenvalue weighted by atomic mass is 14.9. The quantitative estimate of drug-likeness (QED) is 0.668. The Labute approximate surface area is 140 Å². The van der Waals surface area contributed by atoms with Crippen molar-refractivity contribution in [2.45, 2.75) is 65.2 Å². The van der Waals surface area contributed by atoms with Crippen molar-refractivity contribution in [3.05, 3.63) is 47.3 Å². The average Bonchev–Trinajstić information content (AvgIpc) is 2.59. The maximum absolute atomic E-state index is 4.82. The van der Waals surface area contributed by atoms with Gasteiger partial charge in [0.25, 0.3) is 0 Å². The van der Waals surface area contributed by atoms with Crippen LogP contribution >= 0.6 is 0 Å². The van der Waals surface area contributed by atoms with Gasteiger partial charge in [0.15, 0.2) is 5.82 Å². The number of hydrogen-bond acceptors (Lipinski definition) is 2. The molecule has 2 heteroatoms. The van der Waals surface area contributed by atoms with E-state index in [-0.39, 0.29) is 0 Å². The number of rotatable bonds is 6. The lowest BCUT2D eigenvalue weighted by Gasteiger charge is -2.20. The molecule has 0 spiro atoms. The third-order valence-corrected chi connectivity index (χ3v) is 4.93.